The first-order chi connectivity index (χ1) is 9.20. The van der Waals surface area contributed by atoms with Crippen LogP contribution in [0.25, 0.3) is 0 Å². The predicted octanol–water partition coefficient (Wildman–Crippen LogP) is 2.42. The van der Waals surface area contributed by atoms with Crippen molar-refractivity contribution in [1.82, 2.24) is 4.98 Å². The van der Waals surface area contributed by atoms with Gasteiger partial charge in [0.25, 0.3) is 0 Å². The molecule has 0 spiro atoms. The Morgan fingerprint density at radius 3 is 2.84 bits per heavy atom. The number of aliphatic hydroxyl groups is 1. The summed E-state index contributed by atoms with van der Waals surface area (Å²) in [5.74, 6) is 0.254. The van der Waals surface area contributed by atoms with E-state index in [0.717, 1.165) is 43.5 Å². The molecule has 106 valence electrons. The molecule has 0 saturated heterocycles. The van der Waals surface area contributed by atoms with Crippen molar-refractivity contribution in [3.8, 4) is 0 Å². The fourth-order valence-corrected chi connectivity index (χ4v) is 3.43. The first-order valence-electron chi connectivity index (χ1n) is 6.85. The number of thiazole rings is 1. The van der Waals surface area contributed by atoms with E-state index in [1.54, 1.807) is 17.5 Å². The topological polar surface area (TPSA) is 59.4 Å². The Morgan fingerprint density at radius 1 is 1.53 bits per heavy atom. The van der Waals surface area contributed by atoms with Crippen molar-refractivity contribution in [1.29, 1.82) is 0 Å². The zero-order chi connectivity index (χ0) is 13.7. The molecule has 1 heterocycles. The van der Waals surface area contributed by atoms with Gasteiger partial charge < -0.3 is 9.84 Å². The average Bonchev–Trinajstić information content (AvgIpc) is 2.97. The summed E-state index contributed by atoms with van der Waals surface area (Å²) in [5.41, 5.74) is 0. The minimum atomic E-state index is -0.275. The summed E-state index contributed by atoms with van der Waals surface area (Å²) in [6.45, 7) is 0. The lowest BCUT2D eigenvalue weighted by molar-refractivity contribution is -0.147. The molecule has 0 amide bonds. The number of hydrogen-bond donors (Lipinski definition) is 1. The van der Waals surface area contributed by atoms with E-state index in [0.29, 0.717) is 5.92 Å². The second-order valence-corrected chi connectivity index (χ2v) is 6.15. The van der Waals surface area contributed by atoms with Crippen LogP contribution in [-0.2, 0) is 16.0 Å². The quantitative estimate of drug-likeness (QED) is 0.843. The molecular formula is C14H21NO3S. The third-order valence-electron chi connectivity index (χ3n) is 3.99. The number of nitrogens with zero attached hydrogens (tertiary/aromatic N) is 1. The van der Waals surface area contributed by atoms with Crippen molar-refractivity contribution in [3.05, 3.63) is 16.6 Å². The molecule has 1 atom stereocenters. The molecule has 1 fully saturated rings. The Labute approximate surface area is 117 Å². The van der Waals surface area contributed by atoms with Crippen LogP contribution in [0.3, 0.4) is 0 Å². The second kappa shape index (κ2) is 7.01. The molecule has 1 N–H and O–H groups in total. The summed E-state index contributed by atoms with van der Waals surface area (Å²) in [6, 6.07) is 0. The van der Waals surface area contributed by atoms with Crippen molar-refractivity contribution in [2.75, 3.05) is 7.11 Å². The molecular weight excluding hydrogens is 262 g/mol. The number of aliphatic hydroxyl groups excluding tert-OH is 1. The number of hydrogen-bond acceptors (Lipinski definition) is 5. The summed E-state index contributed by atoms with van der Waals surface area (Å²) >= 11 is 1.64. The molecule has 1 aliphatic carbocycles. The minimum absolute atomic E-state index is 0.0346. The van der Waals surface area contributed by atoms with Gasteiger partial charge >= 0.3 is 5.97 Å². The zero-order valence-corrected chi connectivity index (χ0v) is 12.1. The van der Waals surface area contributed by atoms with E-state index >= 15 is 0 Å². The van der Waals surface area contributed by atoms with Crippen LogP contribution in [0.1, 0.15) is 37.1 Å². The van der Waals surface area contributed by atoms with E-state index in [-0.39, 0.29) is 18.0 Å². The van der Waals surface area contributed by atoms with Crippen molar-refractivity contribution in [2.45, 2.75) is 44.6 Å². The molecule has 4 nitrogen and oxygen atoms in total. The lowest BCUT2D eigenvalue weighted by atomic mass is 9.78. The summed E-state index contributed by atoms with van der Waals surface area (Å²) in [4.78, 5) is 15.7. The van der Waals surface area contributed by atoms with Crippen molar-refractivity contribution >= 4 is 17.3 Å². The molecule has 1 aromatic rings. The van der Waals surface area contributed by atoms with Crippen LogP contribution in [0.5, 0.6) is 0 Å². The molecule has 0 bridgehead atoms. The molecule has 19 heavy (non-hydrogen) atoms. The van der Waals surface area contributed by atoms with Gasteiger partial charge in [0.15, 0.2) is 0 Å². The molecule has 1 aliphatic rings. The Bertz CT molecular complexity index is 385. The van der Waals surface area contributed by atoms with Gasteiger partial charge in [-0.15, -0.1) is 11.3 Å². The van der Waals surface area contributed by atoms with Crippen LogP contribution in [0.2, 0.25) is 0 Å². The van der Waals surface area contributed by atoms with Gasteiger partial charge in [-0.25, -0.2) is 4.98 Å². The fraction of sp³-hybridized carbons (Fsp3) is 0.714. The van der Waals surface area contributed by atoms with Gasteiger partial charge in [0.1, 0.15) is 0 Å². The van der Waals surface area contributed by atoms with Crippen molar-refractivity contribution < 1.29 is 14.6 Å². The lowest BCUT2D eigenvalue weighted by Gasteiger charge is -2.30. The summed E-state index contributed by atoms with van der Waals surface area (Å²) in [5, 5.41) is 13.3. The number of carbonyl (C=O) groups is 1. The van der Waals surface area contributed by atoms with Gasteiger partial charge in [0.05, 0.1) is 24.1 Å². The summed E-state index contributed by atoms with van der Waals surface area (Å²) in [7, 11) is 1.44. The molecule has 2 rings (SSSR count). The third kappa shape index (κ3) is 4.01. The largest absolute Gasteiger partial charge is 0.469 e. The zero-order valence-electron chi connectivity index (χ0n) is 11.2. The number of methoxy groups -OCH3 is 1. The normalized spacial score (nSPS) is 24.9. The highest BCUT2D eigenvalue weighted by Gasteiger charge is 2.30. The summed E-state index contributed by atoms with van der Waals surface area (Å²) in [6.07, 6.45) is 6.64. The van der Waals surface area contributed by atoms with Crippen LogP contribution in [0.15, 0.2) is 11.6 Å². The lowest BCUT2D eigenvalue weighted by Crippen LogP contribution is -2.29. The first-order valence-corrected chi connectivity index (χ1v) is 7.73. The average molecular weight is 283 g/mol. The number of carbonyl (C=O) groups excluding carboxylic acids is 1. The van der Waals surface area contributed by atoms with Gasteiger partial charge in [-0.2, -0.15) is 0 Å². The molecule has 1 unspecified atom stereocenters. The number of rotatable bonds is 5. The number of esters is 1. The van der Waals surface area contributed by atoms with Gasteiger partial charge in [-0.05, 0) is 38.0 Å². The molecule has 1 aromatic heterocycles. The number of ether oxygens (including phenoxy) is 1. The predicted molar refractivity (Wildman–Crippen MR) is 73.9 cm³/mol. The van der Waals surface area contributed by atoms with E-state index in [1.165, 1.54) is 7.11 Å². The van der Waals surface area contributed by atoms with E-state index < -0.39 is 0 Å². The molecule has 5 heteroatoms. The van der Waals surface area contributed by atoms with Crippen LogP contribution in [-0.4, -0.2) is 29.3 Å². The highest BCUT2D eigenvalue weighted by Crippen LogP contribution is 2.32. The van der Waals surface area contributed by atoms with Crippen LogP contribution in [0.4, 0.5) is 0 Å². The maximum absolute atomic E-state index is 11.4. The maximum Gasteiger partial charge on any atom is 0.308 e. The van der Waals surface area contributed by atoms with E-state index in [9.17, 15) is 9.90 Å². The van der Waals surface area contributed by atoms with Crippen LogP contribution >= 0.6 is 11.3 Å². The molecule has 1 saturated carbocycles. The van der Waals surface area contributed by atoms with E-state index in [2.05, 4.69) is 4.98 Å². The van der Waals surface area contributed by atoms with Crippen molar-refractivity contribution in [3.63, 3.8) is 0 Å². The molecule has 0 aromatic carbocycles. The standard InChI is InChI=1S/C14H21NO3S/c1-18-14(17)11-4-2-10(3-5-11)12(16)6-7-13-15-8-9-19-13/h8-12,16H,2-7H2,1H3/t10-,11-,12?. The Balaban J connectivity index is 1.73. The minimum Gasteiger partial charge on any atom is -0.469 e. The Hall–Kier alpha value is -0.940. The molecule has 0 radical (unpaired) electrons. The van der Waals surface area contributed by atoms with Gasteiger partial charge in [0, 0.05) is 18.0 Å². The first kappa shape index (κ1) is 14.5. The number of aromatic nitrogens is 1. The van der Waals surface area contributed by atoms with Gasteiger partial charge in [0.2, 0.25) is 0 Å². The Kier molecular flexibility index (Phi) is 5.34. The van der Waals surface area contributed by atoms with Crippen molar-refractivity contribution in [2.24, 2.45) is 11.8 Å². The second-order valence-electron chi connectivity index (χ2n) is 5.17. The third-order valence-corrected chi connectivity index (χ3v) is 4.83. The van der Waals surface area contributed by atoms with E-state index in [1.807, 2.05) is 5.38 Å². The monoisotopic (exact) mass is 283 g/mol. The fourth-order valence-electron chi connectivity index (χ4n) is 2.79. The van der Waals surface area contributed by atoms with Gasteiger partial charge in [-0.3, -0.25) is 4.79 Å². The summed E-state index contributed by atoms with van der Waals surface area (Å²) < 4.78 is 4.77. The van der Waals surface area contributed by atoms with E-state index in [4.69, 9.17) is 4.74 Å². The highest BCUT2D eigenvalue weighted by atomic mass is 32.1. The van der Waals surface area contributed by atoms with Crippen LogP contribution < -0.4 is 0 Å². The van der Waals surface area contributed by atoms with Crippen LogP contribution in [0, 0.1) is 11.8 Å². The maximum atomic E-state index is 11.4. The molecule has 0 aliphatic heterocycles. The SMILES string of the molecule is COC(=O)[C@H]1CC[C@H](C(O)CCc2nccs2)CC1. The van der Waals surface area contributed by atoms with Gasteiger partial charge in [-0.1, -0.05) is 0 Å². The highest BCUT2D eigenvalue weighted by molar-refractivity contribution is 7.09. The number of aryl methyl sites for hydroxylation is 1. The smallest absolute Gasteiger partial charge is 0.308 e. The Morgan fingerprint density at radius 2 is 2.26 bits per heavy atom.